The second-order valence-corrected chi connectivity index (χ2v) is 4.06. The summed E-state index contributed by atoms with van der Waals surface area (Å²) in [5.74, 6) is 0. The van der Waals surface area contributed by atoms with Gasteiger partial charge in [0, 0.05) is 15.5 Å². The first kappa shape index (κ1) is 9.52. The Balaban J connectivity index is 3.25. The highest BCUT2D eigenvalue weighted by molar-refractivity contribution is 9.11. The lowest BCUT2D eigenvalue weighted by molar-refractivity contribution is 1.06. The van der Waals surface area contributed by atoms with Crippen LogP contribution in [0.25, 0.3) is 0 Å². The van der Waals surface area contributed by atoms with Crippen LogP contribution >= 0.6 is 43.5 Å². The molecule has 0 atom stereocenters. The van der Waals surface area contributed by atoms with Crippen molar-refractivity contribution >= 4 is 43.5 Å². The van der Waals surface area contributed by atoms with Gasteiger partial charge < -0.3 is 5.73 Å². The molecule has 1 nitrogen and oxygen atoms in total. The predicted octanol–water partition coefficient (Wildman–Crippen LogP) is 3.32. The van der Waals surface area contributed by atoms with Crippen molar-refractivity contribution in [3.05, 3.63) is 31.7 Å². The van der Waals surface area contributed by atoms with Gasteiger partial charge in [0.15, 0.2) is 0 Å². The van der Waals surface area contributed by atoms with Crippen molar-refractivity contribution in [2.75, 3.05) is 0 Å². The number of rotatable bonds is 1. The third kappa shape index (κ3) is 1.96. The normalized spacial score (nSPS) is 10.2. The summed E-state index contributed by atoms with van der Waals surface area (Å²) in [6.45, 7) is 0.494. The predicted molar refractivity (Wildman–Crippen MR) is 54.7 cm³/mol. The molecule has 0 aliphatic heterocycles. The fourth-order valence-corrected chi connectivity index (χ4v) is 2.01. The van der Waals surface area contributed by atoms with Crippen molar-refractivity contribution in [3.8, 4) is 0 Å². The average molecular weight is 299 g/mol. The maximum Gasteiger partial charge on any atom is 0.0693 e. The molecule has 1 aromatic rings. The number of benzene rings is 1. The first-order chi connectivity index (χ1) is 5.16. The van der Waals surface area contributed by atoms with Crippen LogP contribution in [0.15, 0.2) is 21.1 Å². The molecule has 60 valence electrons. The van der Waals surface area contributed by atoms with Crippen molar-refractivity contribution in [2.24, 2.45) is 5.73 Å². The summed E-state index contributed by atoms with van der Waals surface area (Å²) in [6.07, 6.45) is 0. The van der Waals surface area contributed by atoms with Gasteiger partial charge in [-0.2, -0.15) is 0 Å². The number of nitrogens with two attached hydrogens (primary N) is 1. The Morgan fingerprint density at radius 3 is 2.55 bits per heavy atom. The van der Waals surface area contributed by atoms with Crippen LogP contribution in [-0.4, -0.2) is 0 Å². The highest BCUT2D eigenvalue weighted by Crippen LogP contribution is 2.32. The van der Waals surface area contributed by atoms with Crippen LogP contribution in [-0.2, 0) is 6.54 Å². The Labute approximate surface area is 87.2 Å². The molecule has 0 saturated carbocycles. The molecule has 2 N–H and O–H groups in total. The first-order valence-electron chi connectivity index (χ1n) is 2.99. The molecule has 0 spiro atoms. The van der Waals surface area contributed by atoms with Crippen molar-refractivity contribution in [3.63, 3.8) is 0 Å². The third-order valence-corrected chi connectivity index (χ3v) is 3.75. The third-order valence-electron chi connectivity index (χ3n) is 1.34. The van der Waals surface area contributed by atoms with Crippen LogP contribution < -0.4 is 5.73 Å². The monoisotopic (exact) mass is 297 g/mol. The van der Waals surface area contributed by atoms with E-state index in [1.807, 2.05) is 12.1 Å². The molecule has 0 aliphatic rings. The van der Waals surface area contributed by atoms with Crippen LogP contribution in [0.4, 0.5) is 0 Å². The van der Waals surface area contributed by atoms with Gasteiger partial charge in [-0.3, -0.25) is 0 Å². The molecule has 1 aromatic carbocycles. The molecule has 0 aliphatic carbocycles. The summed E-state index contributed by atoms with van der Waals surface area (Å²) in [5.41, 5.74) is 6.48. The molecule has 0 amide bonds. The average Bonchev–Trinajstić information content (AvgIpc) is 2.01. The molecular formula is C7H6Br2ClN. The lowest BCUT2D eigenvalue weighted by atomic mass is 10.2. The van der Waals surface area contributed by atoms with Crippen LogP contribution in [0.3, 0.4) is 0 Å². The van der Waals surface area contributed by atoms with Crippen LogP contribution in [0.1, 0.15) is 5.56 Å². The molecule has 0 unspecified atom stereocenters. The second-order valence-electron chi connectivity index (χ2n) is 2.04. The molecule has 1 rings (SSSR count). The van der Waals surface area contributed by atoms with Gasteiger partial charge in [0.2, 0.25) is 0 Å². The number of hydrogen-bond donors (Lipinski definition) is 1. The second kappa shape index (κ2) is 3.90. The zero-order chi connectivity index (χ0) is 8.43. The van der Waals surface area contributed by atoms with Gasteiger partial charge in [0.25, 0.3) is 0 Å². The fourth-order valence-electron chi connectivity index (χ4n) is 0.724. The molecule has 4 heteroatoms. The smallest absolute Gasteiger partial charge is 0.0693 e. The highest BCUT2D eigenvalue weighted by Gasteiger charge is 2.05. The van der Waals surface area contributed by atoms with E-state index in [4.69, 9.17) is 17.3 Å². The molecule has 0 radical (unpaired) electrons. The summed E-state index contributed by atoms with van der Waals surface area (Å²) in [6, 6.07) is 3.81. The Morgan fingerprint density at radius 1 is 1.36 bits per heavy atom. The van der Waals surface area contributed by atoms with Gasteiger partial charge in [0.1, 0.15) is 0 Å². The molecule has 0 saturated heterocycles. The Bertz CT molecular complexity index is 275. The van der Waals surface area contributed by atoms with E-state index < -0.39 is 0 Å². The largest absolute Gasteiger partial charge is 0.326 e. The van der Waals surface area contributed by atoms with Gasteiger partial charge in [0.05, 0.1) is 5.02 Å². The molecule has 11 heavy (non-hydrogen) atoms. The van der Waals surface area contributed by atoms with Gasteiger partial charge >= 0.3 is 0 Å². The minimum Gasteiger partial charge on any atom is -0.326 e. The van der Waals surface area contributed by atoms with E-state index in [1.54, 1.807) is 0 Å². The van der Waals surface area contributed by atoms with E-state index in [9.17, 15) is 0 Å². The van der Waals surface area contributed by atoms with Crippen molar-refractivity contribution in [1.29, 1.82) is 0 Å². The molecule has 0 bridgehead atoms. The number of halogens is 3. The van der Waals surface area contributed by atoms with E-state index in [1.165, 1.54) is 0 Å². The highest BCUT2D eigenvalue weighted by atomic mass is 79.9. The van der Waals surface area contributed by atoms with Gasteiger partial charge in [-0.25, -0.2) is 0 Å². The van der Waals surface area contributed by atoms with E-state index in [0.717, 1.165) is 14.5 Å². The van der Waals surface area contributed by atoms with Gasteiger partial charge in [-0.15, -0.1) is 0 Å². The van der Waals surface area contributed by atoms with Gasteiger partial charge in [-0.1, -0.05) is 17.7 Å². The summed E-state index contributed by atoms with van der Waals surface area (Å²) in [7, 11) is 0. The maximum absolute atomic E-state index is 5.91. The van der Waals surface area contributed by atoms with Gasteiger partial charge in [-0.05, 0) is 43.5 Å². The summed E-state index contributed by atoms with van der Waals surface area (Å²) < 4.78 is 1.75. The number of hydrogen-bond acceptors (Lipinski definition) is 1. The SMILES string of the molecule is NCc1ccc(Br)c(Cl)c1Br. The van der Waals surface area contributed by atoms with Crippen LogP contribution in [0, 0.1) is 0 Å². The van der Waals surface area contributed by atoms with E-state index in [-0.39, 0.29) is 0 Å². The first-order valence-corrected chi connectivity index (χ1v) is 4.95. The van der Waals surface area contributed by atoms with Crippen LogP contribution in [0.2, 0.25) is 5.02 Å². The van der Waals surface area contributed by atoms with Crippen molar-refractivity contribution < 1.29 is 0 Å². The molecule has 0 aromatic heterocycles. The Morgan fingerprint density at radius 2 is 2.00 bits per heavy atom. The molecular weight excluding hydrogens is 293 g/mol. The zero-order valence-corrected chi connectivity index (χ0v) is 9.50. The lowest BCUT2D eigenvalue weighted by Gasteiger charge is -2.03. The molecule has 0 fully saturated rings. The van der Waals surface area contributed by atoms with E-state index in [2.05, 4.69) is 31.9 Å². The minimum atomic E-state index is 0.494. The van der Waals surface area contributed by atoms with Crippen molar-refractivity contribution in [2.45, 2.75) is 6.54 Å². The summed E-state index contributed by atoms with van der Waals surface area (Å²) in [5, 5.41) is 0.674. The Kier molecular flexibility index (Phi) is 3.37. The summed E-state index contributed by atoms with van der Waals surface area (Å²) in [4.78, 5) is 0. The lowest BCUT2D eigenvalue weighted by Crippen LogP contribution is -1.97. The summed E-state index contributed by atoms with van der Waals surface area (Å²) >= 11 is 12.6. The zero-order valence-electron chi connectivity index (χ0n) is 5.57. The molecule has 0 heterocycles. The van der Waals surface area contributed by atoms with Crippen LogP contribution in [0.5, 0.6) is 0 Å². The fraction of sp³-hybridized carbons (Fsp3) is 0.143. The standard InChI is InChI=1S/C7H6Br2ClN/c8-5-2-1-4(3-11)6(9)7(5)10/h1-2H,3,11H2. The quantitative estimate of drug-likeness (QED) is 0.791. The van der Waals surface area contributed by atoms with Crippen molar-refractivity contribution in [1.82, 2.24) is 0 Å². The van der Waals surface area contributed by atoms with E-state index in [0.29, 0.717) is 11.6 Å². The minimum absolute atomic E-state index is 0.494. The maximum atomic E-state index is 5.91. The van der Waals surface area contributed by atoms with E-state index >= 15 is 0 Å². The Hall–Kier alpha value is 0.430. The topological polar surface area (TPSA) is 26.0 Å².